The summed E-state index contributed by atoms with van der Waals surface area (Å²) in [5.41, 5.74) is 10.6. The first-order valence-corrected chi connectivity index (χ1v) is 10.5. The molecule has 30 heavy (non-hydrogen) atoms. The van der Waals surface area contributed by atoms with Crippen LogP contribution in [0.15, 0.2) is 29.4 Å². The maximum Gasteiger partial charge on any atom is 0.345 e. The second kappa shape index (κ2) is 11.1. The van der Waals surface area contributed by atoms with E-state index in [1.807, 2.05) is 24.3 Å². The molecule has 0 aliphatic carbocycles. The highest BCUT2D eigenvalue weighted by Gasteiger charge is 2.43. The third kappa shape index (κ3) is 6.07. The summed E-state index contributed by atoms with van der Waals surface area (Å²) in [7, 11) is 0. The van der Waals surface area contributed by atoms with Crippen LogP contribution in [0.2, 0.25) is 0 Å². The van der Waals surface area contributed by atoms with Crippen LogP contribution in [-0.2, 0) is 24.5 Å². The molecule has 0 amide bonds. The standard InChI is InChI=1S/C21H32N4O5/c22-20(23)24-30-19(26)21(7-14-28-15-8-21)17-3-5-18(6-4-17)29-13-2-10-25-9-1-12-27-16-11-25/h3-6H,1-2,7-16H2,(H4,22,23,24). The lowest BCUT2D eigenvalue weighted by molar-refractivity contribution is -0.154. The average Bonchev–Trinajstić information content (AvgIpc) is 3.05. The van der Waals surface area contributed by atoms with E-state index in [-0.39, 0.29) is 5.96 Å². The van der Waals surface area contributed by atoms with Crippen molar-refractivity contribution >= 4 is 11.9 Å². The molecule has 0 saturated carbocycles. The summed E-state index contributed by atoms with van der Waals surface area (Å²) in [5.74, 6) is 0.00839. The molecule has 2 saturated heterocycles. The van der Waals surface area contributed by atoms with Gasteiger partial charge in [-0.15, -0.1) is 0 Å². The van der Waals surface area contributed by atoms with Crippen LogP contribution in [0.3, 0.4) is 0 Å². The third-order valence-corrected chi connectivity index (χ3v) is 5.58. The van der Waals surface area contributed by atoms with Crippen molar-refractivity contribution in [2.45, 2.75) is 31.1 Å². The number of hydrogen-bond donors (Lipinski definition) is 2. The van der Waals surface area contributed by atoms with Crippen LogP contribution in [0.1, 0.15) is 31.2 Å². The summed E-state index contributed by atoms with van der Waals surface area (Å²) in [5, 5.41) is 3.43. The maximum atomic E-state index is 12.8. The minimum atomic E-state index is -0.829. The van der Waals surface area contributed by atoms with Crippen molar-refractivity contribution in [2.24, 2.45) is 16.6 Å². The highest BCUT2D eigenvalue weighted by atomic mass is 16.7. The largest absolute Gasteiger partial charge is 0.494 e. The quantitative estimate of drug-likeness (QED) is 0.210. The van der Waals surface area contributed by atoms with Crippen molar-refractivity contribution in [3.63, 3.8) is 0 Å². The molecule has 0 spiro atoms. The number of ether oxygens (including phenoxy) is 3. The summed E-state index contributed by atoms with van der Waals surface area (Å²) < 4.78 is 16.8. The van der Waals surface area contributed by atoms with Gasteiger partial charge in [0, 0.05) is 39.5 Å². The van der Waals surface area contributed by atoms with Gasteiger partial charge in [0.25, 0.3) is 0 Å². The number of hydrogen-bond acceptors (Lipinski definition) is 7. The van der Waals surface area contributed by atoms with Crippen LogP contribution >= 0.6 is 0 Å². The van der Waals surface area contributed by atoms with Crippen LogP contribution in [0.5, 0.6) is 5.75 Å². The van der Waals surface area contributed by atoms with E-state index >= 15 is 0 Å². The molecule has 2 aliphatic rings. The fourth-order valence-corrected chi connectivity index (χ4v) is 3.88. The molecule has 0 bridgehead atoms. The summed E-state index contributed by atoms with van der Waals surface area (Å²) in [6.45, 7) is 6.30. The predicted molar refractivity (Wildman–Crippen MR) is 112 cm³/mol. The van der Waals surface area contributed by atoms with E-state index in [9.17, 15) is 4.79 Å². The van der Waals surface area contributed by atoms with E-state index in [1.54, 1.807) is 0 Å². The van der Waals surface area contributed by atoms with E-state index in [0.717, 1.165) is 57.0 Å². The topological polar surface area (TPSA) is 122 Å². The van der Waals surface area contributed by atoms with E-state index in [0.29, 0.717) is 32.7 Å². The van der Waals surface area contributed by atoms with E-state index in [4.69, 9.17) is 30.5 Å². The Morgan fingerprint density at radius 2 is 1.80 bits per heavy atom. The average molecular weight is 421 g/mol. The Bertz CT molecular complexity index is 692. The maximum absolute atomic E-state index is 12.8. The highest BCUT2D eigenvalue weighted by Crippen LogP contribution is 2.37. The minimum Gasteiger partial charge on any atom is -0.494 e. The second-order valence-corrected chi connectivity index (χ2v) is 7.62. The molecule has 9 nitrogen and oxygen atoms in total. The van der Waals surface area contributed by atoms with Crippen molar-refractivity contribution in [1.29, 1.82) is 0 Å². The first-order chi connectivity index (χ1) is 14.6. The number of guanidine groups is 1. The van der Waals surface area contributed by atoms with Gasteiger partial charge in [-0.25, -0.2) is 4.79 Å². The number of nitrogens with zero attached hydrogens (tertiary/aromatic N) is 2. The monoisotopic (exact) mass is 420 g/mol. The minimum absolute atomic E-state index is 0.290. The molecule has 0 aromatic heterocycles. The summed E-state index contributed by atoms with van der Waals surface area (Å²) >= 11 is 0. The Labute approximate surface area is 177 Å². The second-order valence-electron chi connectivity index (χ2n) is 7.62. The Kier molecular flexibility index (Phi) is 8.30. The molecule has 3 rings (SSSR count). The van der Waals surface area contributed by atoms with Crippen molar-refractivity contribution in [3.05, 3.63) is 29.8 Å². The SMILES string of the molecule is NC(N)=NOC(=O)C1(c2ccc(OCCCN3CCCOCC3)cc2)CCOCC1. The molecule has 4 N–H and O–H groups in total. The van der Waals surface area contributed by atoms with Crippen molar-refractivity contribution < 1.29 is 23.8 Å². The smallest absolute Gasteiger partial charge is 0.345 e. The van der Waals surface area contributed by atoms with Gasteiger partial charge >= 0.3 is 5.97 Å². The molecule has 1 aromatic carbocycles. The molecular formula is C21H32N4O5. The molecule has 1 aromatic rings. The molecule has 2 fully saturated rings. The number of rotatable bonds is 8. The van der Waals surface area contributed by atoms with Gasteiger partial charge in [0.15, 0.2) is 0 Å². The molecule has 0 radical (unpaired) electrons. The van der Waals surface area contributed by atoms with Crippen LogP contribution in [0, 0.1) is 0 Å². The van der Waals surface area contributed by atoms with Gasteiger partial charge < -0.3 is 35.4 Å². The lowest BCUT2D eigenvalue weighted by atomic mass is 9.74. The van der Waals surface area contributed by atoms with Crippen molar-refractivity contribution in [3.8, 4) is 5.75 Å². The highest BCUT2D eigenvalue weighted by molar-refractivity contribution is 5.84. The van der Waals surface area contributed by atoms with E-state index in [2.05, 4.69) is 10.1 Å². The first-order valence-electron chi connectivity index (χ1n) is 10.5. The van der Waals surface area contributed by atoms with Gasteiger partial charge in [-0.1, -0.05) is 12.1 Å². The summed E-state index contributed by atoms with van der Waals surface area (Å²) in [6, 6.07) is 7.59. The van der Waals surface area contributed by atoms with Gasteiger partial charge in [0.1, 0.15) is 5.75 Å². The van der Waals surface area contributed by atoms with Gasteiger partial charge in [0.05, 0.1) is 18.6 Å². The van der Waals surface area contributed by atoms with E-state index < -0.39 is 11.4 Å². The van der Waals surface area contributed by atoms with Crippen LogP contribution in [0.25, 0.3) is 0 Å². The molecule has 9 heteroatoms. The van der Waals surface area contributed by atoms with E-state index in [1.165, 1.54) is 0 Å². The van der Waals surface area contributed by atoms with Crippen molar-refractivity contribution in [2.75, 3.05) is 52.7 Å². The third-order valence-electron chi connectivity index (χ3n) is 5.58. The molecule has 0 atom stereocenters. The normalized spacial score (nSPS) is 19.5. The summed E-state index contributed by atoms with van der Waals surface area (Å²) in [6.07, 6.45) is 3.05. The number of oxime groups is 1. The number of benzene rings is 1. The Morgan fingerprint density at radius 3 is 2.53 bits per heavy atom. The van der Waals surface area contributed by atoms with Gasteiger partial charge in [-0.05, 0) is 48.5 Å². The summed E-state index contributed by atoms with van der Waals surface area (Å²) in [4.78, 5) is 20.1. The van der Waals surface area contributed by atoms with Crippen LogP contribution in [-0.4, -0.2) is 69.5 Å². The number of nitrogens with two attached hydrogens (primary N) is 2. The number of carbonyl (C=O) groups is 1. The number of carbonyl (C=O) groups excluding carboxylic acids is 1. The zero-order chi connectivity index (χ0) is 21.2. The molecule has 2 heterocycles. The Hall–Kier alpha value is -2.36. The predicted octanol–water partition coefficient (Wildman–Crippen LogP) is 0.958. The van der Waals surface area contributed by atoms with Crippen molar-refractivity contribution in [1.82, 2.24) is 4.90 Å². The first kappa shape index (κ1) is 22.3. The van der Waals surface area contributed by atoms with Gasteiger partial charge in [0.2, 0.25) is 5.96 Å². The van der Waals surface area contributed by atoms with Gasteiger partial charge in [-0.2, -0.15) is 0 Å². The zero-order valence-corrected chi connectivity index (χ0v) is 17.4. The Balaban J connectivity index is 1.55. The fraction of sp³-hybridized carbons (Fsp3) is 0.619. The lowest BCUT2D eigenvalue weighted by Gasteiger charge is -2.34. The Morgan fingerprint density at radius 1 is 1.07 bits per heavy atom. The molecule has 166 valence electrons. The molecular weight excluding hydrogens is 388 g/mol. The molecule has 2 aliphatic heterocycles. The molecule has 0 unspecified atom stereocenters. The van der Waals surface area contributed by atoms with Gasteiger partial charge in [-0.3, -0.25) is 0 Å². The van der Waals surface area contributed by atoms with Crippen LogP contribution in [0.4, 0.5) is 0 Å². The van der Waals surface area contributed by atoms with Crippen LogP contribution < -0.4 is 16.2 Å². The fourth-order valence-electron chi connectivity index (χ4n) is 3.88. The zero-order valence-electron chi connectivity index (χ0n) is 17.4. The lowest BCUT2D eigenvalue weighted by Crippen LogP contribution is -2.42.